The SMILES string of the molecule is COCc1ccc(S(=O)(=O)N2CCNCC2c2cccnc2)cc1. The number of hydrogen-bond acceptors (Lipinski definition) is 5. The van der Waals surface area contributed by atoms with Gasteiger partial charge in [0, 0.05) is 39.1 Å². The van der Waals surface area contributed by atoms with Crippen LogP contribution in [0.5, 0.6) is 0 Å². The Morgan fingerprint density at radius 1 is 1.29 bits per heavy atom. The molecule has 3 rings (SSSR count). The molecule has 1 N–H and O–H groups in total. The van der Waals surface area contributed by atoms with E-state index in [4.69, 9.17) is 4.74 Å². The zero-order valence-electron chi connectivity index (χ0n) is 13.6. The molecule has 0 radical (unpaired) electrons. The van der Waals surface area contributed by atoms with Gasteiger partial charge in [-0.05, 0) is 29.3 Å². The fraction of sp³-hybridized carbons (Fsp3) is 0.353. The van der Waals surface area contributed by atoms with Crippen LogP contribution in [0.3, 0.4) is 0 Å². The lowest BCUT2D eigenvalue weighted by Crippen LogP contribution is -2.48. The molecule has 1 aromatic carbocycles. The van der Waals surface area contributed by atoms with Crippen molar-refractivity contribution in [2.24, 2.45) is 0 Å². The Labute approximate surface area is 142 Å². The molecule has 0 aliphatic carbocycles. The lowest BCUT2D eigenvalue weighted by Gasteiger charge is -2.35. The highest BCUT2D eigenvalue weighted by Crippen LogP contribution is 2.28. The van der Waals surface area contributed by atoms with Gasteiger partial charge in [0.1, 0.15) is 0 Å². The second kappa shape index (κ2) is 7.40. The van der Waals surface area contributed by atoms with Crippen LogP contribution in [0.25, 0.3) is 0 Å². The average Bonchev–Trinajstić information content (AvgIpc) is 2.63. The number of piperazine rings is 1. The molecule has 2 heterocycles. The van der Waals surface area contributed by atoms with E-state index >= 15 is 0 Å². The number of ether oxygens (including phenoxy) is 1. The second-order valence-electron chi connectivity index (χ2n) is 5.70. The number of rotatable bonds is 5. The average molecular weight is 347 g/mol. The predicted octanol–water partition coefficient (Wildman–Crippen LogP) is 1.56. The first-order chi connectivity index (χ1) is 11.6. The van der Waals surface area contributed by atoms with Gasteiger partial charge < -0.3 is 10.1 Å². The molecular weight excluding hydrogens is 326 g/mol. The number of methoxy groups -OCH3 is 1. The summed E-state index contributed by atoms with van der Waals surface area (Å²) < 4.78 is 32.8. The van der Waals surface area contributed by atoms with Crippen molar-refractivity contribution in [2.45, 2.75) is 17.5 Å². The van der Waals surface area contributed by atoms with Gasteiger partial charge in [0.05, 0.1) is 17.5 Å². The third-order valence-electron chi connectivity index (χ3n) is 4.10. The molecule has 7 heteroatoms. The molecule has 128 valence electrons. The maximum atomic E-state index is 13.1. The fourth-order valence-electron chi connectivity index (χ4n) is 2.89. The van der Waals surface area contributed by atoms with Crippen molar-refractivity contribution in [3.8, 4) is 0 Å². The molecule has 0 saturated carbocycles. The van der Waals surface area contributed by atoms with Gasteiger partial charge in [-0.2, -0.15) is 4.31 Å². The van der Waals surface area contributed by atoms with Gasteiger partial charge in [0.2, 0.25) is 10.0 Å². The van der Waals surface area contributed by atoms with Crippen molar-refractivity contribution in [1.82, 2.24) is 14.6 Å². The summed E-state index contributed by atoms with van der Waals surface area (Å²) in [7, 11) is -1.95. The molecule has 1 fully saturated rings. The highest BCUT2D eigenvalue weighted by molar-refractivity contribution is 7.89. The number of hydrogen-bond donors (Lipinski definition) is 1. The van der Waals surface area contributed by atoms with Gasteiger partial charge in [-0.15, -0.1) is 0 Å². The van der Waals surface area contributed by atoms with Gasteiger partial charge in [0.15, 0.2) is 0 Å². The van der Waals surface area contributed by atoms with Gasteiger partial charge in [-0.3, -0.25) is 4.98 Å². The van der Waals surface area contributed by atoms with Crippen LogP contribution in [0, 0.1) is 0 Å². The quantitative estimate of drug-likeness (QED) is 0.889. The van der Waals surface area contributed by atoms with Gasteiger partial charge >= 0.3 is 0 Å². The molecule has 1 unspecified atom stereocenters. The van der Waals surface area contributed by atoms with Crippen molar-refractivity contribution < 1.29 is 13.2 Å². The van der Waals surface area contributed by atoms with E-state index < -0.39 is 10.0 Å². The molecular formula is C17H21N3O3S. The lowest BCUT2D eigenvalue weighted by atomic mass is 10.1. The maximum absolute atomic E-state index is 13.1. The summed E-state index contributed by atoms with van der Waals surface area (Å²) in [6, 6.07) is 10.4. The first-order valence-electron chi connectivity index (χ1n) is 7.83. The summed E-state index contributed by atoms with van der Waals surface area (Å²) in [5, 5.41) is 3.26. The Bertz CT molecular complexity index is 763. The van der Waals surface area contributed by atoms with Crippen molar-refractivity contribution in [3.05, 3.63) is 59.9 Å². The van der Waals surface area contributed by atoms with E-state index in [0.717, 1.165) is 11.1 Å². The van der Waals surface area contributed by atoms with E-state index in [1.54, 1.807) is 48.1 Å². The number of nitrogens with zero attached hydrogens (tertiary/aromatic N) is 2. The van der Waals surface area contributed by atoms with Crippen LogP contribution in [-0.4, -0.2) is 44.5 Å². The van der Waals surface area contributed by atoms with Gasteiger partial charge in [-0.1, -0.05) is 18.2 Å². The molecule has 1 aromatic heterocycles. The number of pyridine rings is 1. The minimum absolute atomic E-state index is 0.254. The largest absolute Gasteiger partial charge is 0.380 e. The van der Waals surface area contributed by atoms with Crippen LogP contribution in [0.15, 0.2) is 53.7 Å². The summed E-state index contributed by atoms with van der Waals surface area (Å²) in [6.07, 6.45) is 3.41. The Morgan fingerprint density at radius 2 is 2.08 bits per heavy atom. The molecule has 1 saturated heterocycles. The monoisotopic (exact) mass is 347 g/mol. The summed E-state index contributed by atoms with van der Waals surface area (Å²) in [4.78, 5) is 4.42. The molecule has 0 amide bonds. The molecule has 2 aromatic rings. The molecule has 1 aliphatic rings. The van der Waals surface area contributed by atoms with Gasteiger partial charge in [0.25, 0.3) is 0 Å². The highest BCUT2D eigenvalue weighted by Gasteiger charge is 2.34. The minimum atomic E-state index is -3.57. The summed E-state index contributed by atoms with van der Waals surface area (Å²) in [5.41, 5.74) is 1.84. The molecule has 24 heavy (non-hydrogen) atoms. The number of nitrogens with one attached hydrogen (secondary N) is 1. The Kier molecular flexibility index (Phi) is 5.25. The summed E-state index contributed by atoms with van der Waals surface area (Å²) in [5.74, 6) is 0. The van der Waals surface area contributed by atoms with Crippen molar-refractivity contribution in [2.75, 3.05) is 26.7 Å². The van der Waals surface area contributed by atoms with Crippen LogP contribution in [0.4, 0.5) is 0 Å². The second-order valence-corrected chi connectivity index (χ2v) is 7.59. The number of sulfonamides is 1. The number of aromatic nitrogens is 1. The van der Waals surface area contributed by atoms with Crippen LogP contribution in [0.2, 0.25) is 0 Å². The van der Waals surface area contributed by atoms with E-state index in [-0.39, 0.29) is 6.04 Å². The van der Waals surface area contributed by atoms with E-state index in [1.807, 2.05) is 12.1 Å². The van der Waals surface area contributed by atoms with E-state index in [1.165, 1.54) is 0 Å². The van der Waals surface area contributed by atoms with Crippen LogP contribution in [-0.2, 0) is 21.4 Å². The highest BCUT2D eigenvalue weighted by atomic mass is 32.2. The number of benzene rings is 1. The lowest BCUT2D eigenvalue weighted by molar-refractivity contribution is 0.185. The fourth-order valence-corrected chi connectivity index (χ4v) is 4.50. The van der Waals surface area contributed by atoms with Crippen molar-refractivity contribution in [3.63, 3.8) is 0 Å². The van der Waals surface area contributed by atoms with Crippen molar-refractivity contribution >= 4 is 10.0 Å². The first-order valence-corrected chi connectivity index (χ1v) is 9.27. The standard InChI is InChI=1S/C17H21N3O3S/c1-23-13-14-4-6-16(7-5-14)24(21,22)20-10-9-19-12-17(20)15-3-2-8-18-11-15/h2-8,11,17,19H,9-10,12-13H2,1H3. The van der Waals surface area contributed by atoms with E-state index in [0.29, 0.717) is 31.1 Å². The van der Waals surface area contributed by atoms with E-state index in [9.17, 15) is 8.42 Å². The molecule has 1 atom stereocenters. The van der Waals surface area contributed by atoms with Gasteiger partial charge in [-0.25, -0.2) is 8.42 Å². The van der Waals surface area contributed by atoms with Crippen LogP contribution < -0.4 is 5.32 Å². The van der Waals surface area contributed by atoms with E-state index in [2.05, 4.69) is 10.3 Å². The minimum Gasteiger partial charge on any atom is -0.380 e. The van der Waals surface area contributed by atoms with Crippen LogP contribution >= 0.6 is 0 Å². The Hall–Kier alpha value is -1.80. The molecule has 1 aliphatic heterocycles. The normalized spacial score (nSPS) is 19.3. The molecule has 0 spiro atoms. The predicted molar refractivity (Wildman–Crippen MR) is 90.9 cm³/mol. The Morgan fingerprint density at radius 3 is 2.75 bits per heavy atom. The topological polar surface area (TPSA) is 71.5 Å². The molecule has 0 bridgehead atoms. The Balaban J connectivity index is 1.91. The zero-order chi connectivity index (χ0) is 17.0. The summed E-state index contributed by atoms with van der Waals surface area (Å²) >= 11 is 0. The summed E-state index contributed by atoms with van der Waals surface area (Å²) in [6.45, 7) is 2.11. The third kappa shape index (κ3) is 3.49. The van der Waals surface area contributed by atoms with Crippen molar-refractivity contribution in [1.29, 1.82) is 0 Å². The first kappa shape index (κ1) is 17.0. The molecule has 6 nitrogen and oxygen atoms in total. The third-order valence-corrected chi connectivity index (χ3v) is 6.03. The maximum Gasteiger partial charge on any atom is 0.243 e. The smallest absolute Gasteiger partial charge is 0.243 e. The zero-order valence-corrected chi connectivity index (χ0v) is 14.4. The van der Waals surface area contributed by atoms with Crippen LogP contribution in [0.1, 0.15) is 17.2 Å².